The Labute approximate surface area is 167 Å². The first-order chi connectivity index (χ1) is 13.2. The standard InChI is InChI=1S/C25H40O2/c1-3-5-6-7-8-9-10-11-12-13-14-15-16-17-18-19-20-21-23-24(22-4-2)25(26)27/h5-6,8-9,11-12,14-15,17-18,24H,3-4,7,10,13,16,19-23H2,1-2H3,(H,26,27). The molecule has 0 amide bonds. The summed E-state index contributed by atoms with van der Waals surface area (Å²) in [6.07, 6.45) is 32.9. The van der Waals surface area contributed by atoms with Gasteiger partial charge in [0.15, 0.2) is 0 Å². The largest absolute Gasteiger partial charge is 0.481 e. The fraction of sp³-hybridized carbons (Fsp3) is 0.560. The van der Waals surface area contributed by atoms with E-state index in [9.17, 15) is 4.79 Å². The minimum Gasteiger partial charge on any atom is -0.481 e. The van der Waals surface area contributed by atoms with Crippen LogP contribution in [0.4, 0.5) is 0 Å². The van der Waals surface area contributed by atoms with Crippen molar-refractivity contribution in [1.82, 2.24) is 0 Å². The van der Waals surface area contributed by atoms with E-state index in [2.05, 4.69) is 67.7 Å². The van der Waals surface area contributed by atoms with Crippen LogP contribution in [0.1, 0.15) is 84.5 Å². The van der Waals surface area contributed by atoms with E-state index in [1.165, 1.54) is 0 Å². The van der Waals surface area contributed by atoms with Crippen molar-refractivity contribution in [3.63, 3.8) is 0 Å². The van der Waals surface area contributed by atoms with E-state index in [1.807, 2.05) is 6.92 Å². The molecule has 0 bridgehead atoms. The number of rotatable bonds is 17. The summed E-state index contributed by atoms with van der Waals surface area (Å²) in [6, 6.07) is 0. The Bertz CT molecular complexity index is 481. The zero-order valence-electron chi connectivity index (χ0n) is 17.5. The highest BCUT2D eigenvalue weighted by Crippen LogP contribution is 2.16. The highest BCUT2D eigenvalue weighted by atomic mass is 16.4. The van der Waals surface area contributed by atoms with Crippen molar-refractivity contribution in [3.8, 4) is 0 Å². The summed E-state index contributed by atoms with van der Waals surface area (Å²) < 4.78 is 0. The minimum absolute atomic E-state index is 0.150. The lowest BCUT2D eigenvalue weighted by molar-refractivity contribution is -0.142. The van der Waals surface area contributed by atoms with Gasteiger partial charge in [0.2, 0.25) is 0 Å². The molecule has 0 aliphatic heterocycles. The van der Waals surface area contributed by atoms with Crippen LogP contribution in [-0.2, 0) is 4.79 Å². The lowest BCUT2D eigenvalue weighted by Crippen LogP contribution is -2.13. The lowest BCUT2D eigenvalue weighted by atomic mass is 9.97. The van der Waals surface area contributed by atoms with E-state index in [0.29, 0.717) is 0 Å². The first kappa shape index (κ1) is 25.2. The minimum atomic E-state index is -0.633. The molecule has 0 fully saturated rings. The van der Waals surface area contributed by atoms with Gasteiger partial charge < -0.3 is 5.11 Å². The Hall–Kier alpha value is -1.83. The fourth-order valence-corrected chi connectivity index (χ4v) is 2.76. The van der Waals surface area contributed by atoms with Gasteiger partial charge in [0.25, 0.3) is 0 Å². The van der Waals surface area contributed by atoms with Gasteiger partial charge in [-0.15, -0.1) is 0 Å². The van der Waals surface area contributed by atoms with Crippen molar-refractivity contribution >= 4 is 5.97 Å². The normalized spacial score (nSPS) is 13.9. The molecular formula is C25H40O2. The second kappa shape index (κ2) is 20.5. The summed E-state index contributed by atoms with van der Waals surface area (Å²) in [5.41, 5.74) is 0. The Morgan fingerprint density at radius 3 is 1.63 bits per heavy atom. The molecule has 0 aromatic heterocycles. The van der Waals surface area contributed by atoms with Crippen LogP contribution < -0.4 is 0 Å². The van der Waals surface area contributed by atoms with Gasteiger partial charge in [-0.05, 0) is 57.8 Å². The van der Waals surface area contributed by atoms with Crippen LogP contribution in [0.25, 0.3) is 0 Å². The molecular weight excluding hydrogens is 332 g/mol. The number of hydrogen-bond acceptors (Lipinski definition) is 1. The molecule has 0 rings (SSSR count). The zero-order valence-corrected chi connectivity index (χ0v) is 17.5. The molecule has 1 N–H and O–H groups in total. The molecule has 0 aromatic rings. The average Bonchev–Trinajstić information content (AvgIpc) is 2.66. The van der Waals surface area contributed by atoms with Gasteiger partial charge in [-0.3, -0.25) is 4.79 Å². The molecule has 0 radical (unpaired) electrons. The number of aliphatic carboxylic acids is 1. The summed E-state index contributed by atoms with van der Waals surface area (Å²) >= 11 is 0. The molecule has 1 atom stereocenters. The molecule has 0 saturated carbocycles. The quantitative estimate of drug-likeness (QED) is 0.209. The predicted molar refractivity (Wildman–Crippen MR) is 119 cm³/mol. The van der Waals surface area contributed by atoms with Crippen molar-refractivity contribution in [3.05, 3.63) is 60.8 Å². The third kappa shape index (κ3) is 18.8. The molecule has 152 valence electrons. The third-order valence-electron chi connectivity index (χ3n) is 4.32. The molecule has 27 heavy (non-hydrogen) atoms. The summed E-state index contributed by atoms with van der Waals surface area (Å²) in [6.45, 7) is 4.20. The van der Waals surface area contributed by atoms with E-state index in [4.69, 9.17) is 5.11 Å². The Morgan fingerprint density at radius 2 is 1.19 bits per heavy atom. The number of hydrogen-bond donors (Lipinski definition) is 1. The third-order valence-corrected chi connectivity index (χ3v) is 4.32. The summed E-state index contributed by atoms with van der Waals surface area (Å²) in [5.74, 6) is -0.782. The van der Waals surface area contributed by atoms with Gasteiger partial charge >= 0.3 is 5.97 Å². The van der Waals surface area contributed by atoms with E-state index in [0.717, 1.165) is 70.6 Å². The number of allylic oxidation sites excluding steroid dienone is 10. The molecule has 0 aliphatic rings. The second-order valence-corrected chi connectivity index (χ2v) is 6.82. The second-order valence-electron chi connectivity index (χ2n) is 6.82. The SMILES string of the molecule is CCC=CCC=CCC=CCC=CCC=CCCCCC(CCC)C(=O)O. The van der Waals surface area contributed by atoms with Crippen molar-refractivity contribution in [2.24, 2.45) is 5.92 Å². The van der Waals surface area contributed by atoms with Crippen molar-refractivity contribution in [2.45, 2.75) is 84.5 Å². The Balaban J connectivity index is 3.58. The fourth-order valence-electron chi connectivity index (χ4n) is 2.76. The molecule has 2 nitrogen and oxygen atoms in total. The van der Waals surface area contributed by atoms with E-state index in [1.54, 1.807) is 0 Å². The van der Waals surface area contributed by atoms with Gasteiger partial charge in [-0.25, -0.2) is 0 Å². The van der Waals surface area contributed by atoms with Gasteiger partial charge in [0, 0.05) is 0 Å². The maximum atomic E-state index is 11.1. The van der Waals surface area contributed by atoms with Crippen LogP contribution in [0, 0.1) is 5.92 Å². The summed E-state index contributed by atoms with van der Waals surface area (Å²) in [5, 5.41) is 9.12. The average molecular weight is 373 g/mol. The Kier molecular flexibility index (Phi) is 19.1. The molecule has 0 saturated heterocycles. The first-order valence-corrected chi connectivity index (χ1v) is 10.7. The highest BCUT2D eigenvalue weighted by Gasteiger charge is 2.14. The number of carbonyl (C=O) groups is 1. The molecule has 1 unspecified atom stereocenters. The van der Waals surface area contributed by atoms with E-state index < -0.39 is 5.97 Å². The van der Waals surface area contributed by atoms with Crippen molar-refractivity contribution in [1.29, 1.82) is 0 Å². The maximum Gasteiger partial charge on any atom is 0.306 e. The van der Waals surface area contributed by atoms with Gasteiger partial charge in [-0.1, -0.05) is 87.4 Å². The first-order valence-electron chi connectivity index (χ1n) is 10.7. The monoisotopic (exact) mass is 372 g/mol. The summed E-state index contributed by atoms with van der Waals surface area (Å²) in [7, 11) is 0. The number of carboxylic acid groups (broad SMARTS) is 1. The summed E-state index contributed by atoms with van der Waals surface area (Å²) in [4.78, 5) is 11.1. The molecule has 0 aromatic carbocycles. The molecule has 2 heteroatoms. The van der Waals surface area contributed by atoms with Crippen molar-refractivity contribution in [2.75, 3.05) is 0 Å². The Morgan fingerprint density at radius 1 is 0.704 bits per heavy atom. The lowest BCUT2D eigenvalue weighted by Gasteiger charge is -2.09. The van der Waals surface area contributed by atoms with Crippen LogP contribution in [0.3, 0.4) is 0 Å². The van der Waals surface area contributed by atoms with E-state index in [-0.39, 0.29) is 5.92 Å². The topological polar surface area (TPSA) is 37.3 Å². The van der Waals surface area contributed by atoms with Gasteiger partial charge in [0.05, 0.1) is 5.92 Å². The molecule has 0 heterocycles. The maximum absolute atomic E-state index is 11.1. The highest BCUT2D eigenvalue weighted by molar-refractivity contribution is 5.69. The smallest absolute Gasteiger partial charge is 0.306 e. The van der Waals surface area contributed by atoms with Crippen LogP contribution in [0.5, 0.6) is 0 Å². The van der Waals surface area contributed by atoms with Crippen LogP contribution in [0.2, 0.25) is 0 Å². The van der Waals surface area contributed by atoms with E-state index >= 15 is 0 Å². The predicted octanol–water partition coefficient (Wildman–Crippen LogP) is 7.80. The van der Waals surface area contributed by atoms with Crippen LogP contribution in [0.15, 0.2) is 60.8 Å². The number of unbranched alkanes of at least 4 members (excludes halogenated alkanes) is 2. The molecule has 0 aliphatic carbocycles. The van der Waals surface area contributed by atoms with Gasteiger partial charge in [0.1, 0.15) is 0 Å². The number of carboxylic acids is 1. The van der Waals surface area contributed by atoms with Crippen molar-refractivity contribution < 1.29 is 9.90 Å². The van der Waals surface area contributed by atoms with Crippen LogP contribution in [-0.4, -0.2) is 11.1 Å². The van der Waals surface area contributed by atoms with Crippen LogP contribution >= 0.6 is 0 Å². The zero-order chi connectivity index (χ0) is 20.0. The molecule has 0 spiro atoms. The van der Waals surface area contributed by atoms with Gasteiger partial charge in [-0.2, -0.15) is 0 Å².